The largest absolute Gasteiger partial charge is 0.399 e. The Morgan fingerprint density at radius 1 is 0.826 bits per heavy atom. The van der Waals surface area contributed by atoms with Crippen molar-refractivity contribution in [2.45, 2.75) is 19.3 Å². The van der Waals surface area contributed by atoms with Crippen LogP contribution in [0.25, 0.3) is 27.5 Å². The summed E-state index contributed by atoms with van der Waals surface area (Å²) < 4.78 is 2.40. The van der Waals surface area contributed by atoms with Gasteiger partial charge in [-0.15, -0.1) is 0 Å². The molecule has 4 aromatic rings. The summed E-state index contributed by atoms with van der Waals surface area (Å²) in [7, 11) is 0. The summed E-state index contributed by atoms with van der Waals surface area (Å²) in [5, 5.41) is 2.64. The minimum atomic E-state index is -0.0609. The minimum absolute atomic E-state index is 0.0609. The number of para-hydroxylation sites is 2. The molecule has 0 saturated carbocycles. The number of rotatable bonds is 0. The number of nitrogens with two attached hydrogens (primary N) is 1. The van der Waals surface area contributed by atoms with Gasteiger partial charge < -0.3 is 10.3 Å². The molecule has 0 aliphatic carbocycles. The first-order valence-corrected chi connectivity index (χ1v) is 8.02. The predicted octanol–water partition coefficient (Wildman–Crippen LogP) is 5.01. The predicted molar refractivity (Wildman–Crippen MR) is 97.3 cm³/mol. The van der Waals surface area contributed by atoms with Crippen LogP contribution in [0.2, 0.25) is 0 Å². The minimum Gasteiger partial charge on any atom is -0.399 e. The topological polar surface area (TPSA) is 30.9 Å². The maximum atomic E-state index is 6.10. The zero-order valence-corrected chi connectivity index (χ0v) is 13.3. The quantitative estimate of drug-likeness (QED) is 0.455. The van der Waals surface area contributed by atoms with Gasteiger partial charge >= 0.3 is 0 Å². The van der Waals surface area contributed by atoms with Crippen molar-refractivity contribution in [3.05, 3.63) is 71.8 Å². The van der Waals surface area contributed by atoms with Crippen molar-refractivity contribution in [1.29, 1.82) is 0 Å². The number of nitrogen functional groups attached to an aromatic ring is 1. The Hall–Kier alpha value is -2.74. The van der Waals surface area contributed by atoms with Gasteiger partial charge in [-0.3, -0.25) is 0 Å². The van der Waals surface area contributed by atoms with Gasteiger partial charge in [0.2, 0.25) is 0 Å². The first-order chi connectivity index (χ1) is 11.1. The Bertz CT molecular complexity index is 1100. The Labute approximate surface area is 135 Å². The second kappa shape index (κ2) is 3.96. The molecule has 0 saturated heterocycles. The average molecular weight is 298 g/mol. The molecule has 112 valence electrons. The highest BCUT2D eigenvalue weighted by atomic mass is 15.0. The van der Waals surface area contributed by atoms with E-state index in [0.29, 0.717) is 0 Å². The van der Waals surface area contributed by atoms with Crippen molar-refractivity contribution in [2.24, 2.45) is 0 Å². The molecule has 0 fully saturated rings. The van der Waals surface area contributed by atoms with Crippen LogP contribution in [0, 0.1) is 0 Å². The zero-order valence-electron chi connectivity index (χ0n) is 13.3. The fourth-order valence-electron chi connectivity index (χ4n) is 4.17. The molecule has 1 aliphatic rings. The monoisotopic (exact) mass is 298 g/mol. The Kier molecular flexibility index (Phi) is 2.20. The zero-order chi connectivity index (χ0) is 15.8. The molecule has 2 heterocycles. The summed E-state index contributed by atoms with van der Waals surface area (Å²) in [5.74, 6) is 0. The van der Waals surface area contributed by atoms with Crippen molar-refractivity contribution < 1.29 is 0 Å². The highest BCUT2D eigenvalue weighted by Gasteiger charge is 2.34. The highest BCUT2D eigenvalue weighted by Crippen LogP contribution is 2.47. The van der Waals surface area contributed by atoms with E-state index >= 15 is 0 Å². The normalized spacial score (nSPS) is 15.0. The number of anilines is 1. The van der Waals surface area contributed by atoms with Gasteiger partial charge in [-0.2, -0.15) is 0 Å². The van der Waals surface area contributed by atoms with Gasteiger partial charge in [0.05, 0.1) is 16.7 Å². The third-order valence-corrected chi connectivity index (χ3v) is 5.30. The lowest BCUT2D eigenvalue weighted by molar-refractivity contribution is 0.630. The number of fused-ring (bicyclic) bond motifs is 5. The van der Waals surface area contributed by atoms with Gasteiger partial charge in [-0.25, -0.2) is 0 Å². The average Bonchev–Trinajstić information content (AvgIpc) is 2.89. The Morgan fingerprint density at radius 2 is 1.61 bits per heavy atom. The van der Waals surface area contributed by atoms with Crippen molar-refractivity contribution in [3.63, 3.8) is 0 Å². The lowest BCUT2D eigenvalue weighted by Gasteiger charge is -2.34. The first-order valence-electron chi connectivity index (χ1n) is 8.02. The van der Waals surface area contributed by atoms with Gasteiger partial charge in [0.15, 0.2) is 0 Å². The highest BCUT2D eigenvalue weighted by molar-refractivity contribution is 6.11. The molecular weight excluding hydrogens is 280 g/mol. The summed E-state index contributed by atoms with van der Waals surface area (Å²) in [5.41, 5.74) is 13.4. The van der Waals surface area contributed by atoms with Crippen LogP contribution < -0.4 is 5.73 Å². The maximum Gasteiger partial charge on any atom is 0.0582 e. The third kappa shape index (κ3) is 1.43. The SMILES string of the molecule is CC1(C)c2cc(N)ccc2-n2c3ccccc3c3cccc1c32. The van der Waals surface area contributed by atoms with E-state index in [4.69, 9.17) is 5.73 Å². The molecular formula is C21H18N2. The molecule has 0 unspecified atom stereocenters. The standard InChI is InChI=1S/C21H18N2/c1-21(2)16-8-5-7-15-14-6-3-4-9-18(14)23(20(15)16)19-11-10-13(22)12-17(19)21/h3-12H,22H2,1-2H3. The molecule has 23 heavy (non-hydrogen) atoms. The van der Waals surface area contributed by atoms with Crippen LogP contribution in [0.4, 0.5) is 5.69 Å². The van der Waals surface area contributed by atoms with Gasteiger partial charge in [0.1, 0.15) is 0 Å². The van der Waals surface area contributed by atoms with Crippen LogP contribution in [0.5, 0.6) is 0 Å². The van der Waals surface area contributed by atoms with Crippen LogP contribution in [-0.4, -0.2) is 4.57 Å². The van der Waals surface area contributed by atoms with Crippen LogP contribution in [0.1, 0.15) is 25.0 Å². The first kappa shape index (κ1) is 12.8. The lowest BCUT2D eigenvalue weighted by Crippen LogP contribution is -2.26. The van der Waals surface area contributed by atoms with Crippen molar-refractivity contribution in [1.82, 2.24) is 4.57 Å². The number of aromatic nitrogens is 1. The van der Waals surface area contributed by atoms with Crippen molar-refractivity contribution in [3.8, 4) is 5.69 Å². The lowest BCUT2D eigenvalue weighted by atomic mass is 9.74. The fraction of sp³-hybridized carbons (Fsp3) is 0.143. The molecule has 5 rings (SSSR count). The molecule has 0 bridgehead atoms. The molecule has 2 nitrogen and oxygen atoms in total. The van der Waals surface area contributed by atoms with E-state index in [-0.39, 0.29) is 5.41 Å². The summed E-state index contributed by atoms with van der Waals surface area (Å²) in [6, 6.07) is 21.6. The van der Waals surface area contributed by atoms with Crippen molar-refractivity contribution in [2.75, 3.05) is 5.73 Å². The molecule has 3 aromatic carbocycles. The Balaban J connectivity index is 2.12. The molecule has 1 aliphatic heterocycles. The van der Waals surface area contributed by atoms with Crippen LogP contribution >= 0.6 is 0 Å². The number of hydrogen-bond acceptors (Lipinski definition) is 1. The van der Waals surface area contributed by atoms with E-state index in [0.717, 1.165) is 5.69 Å². The van der Waals surface area contributed by atoms with Crippen LogP contribution in [0.3, 0.4) is 0 Å². The van der Waals surface area contributed by atoms with Gasteiger partial charge in [0, 0.05) is 21.9 Å². The molecule has 2 heteroatoms. The number of hydrogen-bond donors (Lipinski definition) is 1. The summed E-state index contributed by atoms with van der Waals surface area (Å²) in [6.45, 7) is 4.59. The number of benzene rings is 3. The summed E-state index contributed by atoms with van der Waals surface area (Å²) in [4.78, 5) is 0. The van der Waals surface area contributed by atoms with E-state index in [1.54, 1.807) is 0 Å². The molecule has 0 radical (unpaired) electrons. The number of nitrogens with zero attached hydrogens (tertiary/aromatic N) is 1. The van der Waals surface area contributed by atoms with Gasteiger partial charge in [-0.05, 0) is 35.4 Å². The van der Waals surface area contributed by atoms with E-state index in [1.807, 2.05) is 6.07 Å². The second-order valence-electron chi connectivity index (χ2n) is 6.96. The van der Waals surface area contributed by atoms with E-state index < -0.39 is 0 Å². The molecule has 0 spiro atoms. The van der Waals surface area contributed by atoms with E-state index in [9.17, 15) is 0 Å². The van der Waals surface area contributed by atoms with Gasteiger partial charge in [-0.1, -0.05) is 50.2 Å². The molecule has 0 amide bonds. The van der Waals surface area contributed by atoms with Gasteiger partial charge in [0.25, 0.3) is 0 Å². The van der Waals surface area contributed by atoms with Crippen molar-refractivity contribution >= 4 is 27.5 Å². The van der Waals surface area contributed by atoms with E-state index in [2.05, 4.69) is 73.0 Å². The third-order valence-electron chi connectivity index (χ3n) is 5.30. The fourth-order valence-corrected chi connectivity index (χ4v) is 4.17. The molecule has 0 atom stereocenters. The Morgan fingerprint density at radius 3 is 2.48 bits per heavy atom. The molecule has 2 N–H and O–H groups in total. The maximum absolute atomic E-state index is 6.10. The second-order valence-corrected chi connectivity index (χ2v) is 6.96. The molecule has 1 aromatic heterocycles. The van der Waals surface area contributed by atoms with Crippen LogP contribution in [-0.2, 0) is 5.41 Å². The smallest absolute Gasteiger partial charge is 0.0582 e. The summed E-state index contributed by atoms with van der Waals surface area (Å²) in [6.07, 6.45) is 0. The van der Waals surface area contributed by atoms with E-state index in [1.165, 1.54) is 38.6 Å². The van der Waals surface area contributed by atoms with Crippen LogP contribution in [0.15, 0.2) is 60.7 Å². The summed E-state index contributed by atoms with van der Waals surface area (Å²) >= 11 is 0.